The van der Waals surface area contributed by atoms with Crippen LogP contribution in [-0.2, 0) is 19.1 Å². The number of hydrogen-bond donors (Lipinski definition) is 1. The van der Waals surface area contributed by atoms with Crippen molar-refractivity contribution in [3.8, 4) is 0 Å². The summed E-state index contributed by atoms with van der Waals surface area (Å²) in [6.07, 6.45) is 8.64. The second-order valence-corrected chi connectivity index (χ2v) is 11.5. The number of allylic oxidation sites excluding steroid dienone is 2. The molecule has 4 aliphatic carbocycles. The van der Waals surface area contributed by atoms with E-state index in [0.29, 0.717) is 30.7 Å². The Bertz CT molecular complexity index is 1150. The van der Waals surface area contributed by atoms with E-state index in [4.69, 9.17) is 14.3 Å². The van der Waals surface area contributed by atoms with Crippen molar-refractivity contribution in [2.24, 2.45) is 28.3 Å². The number of nitrogens with zero attached hydrogens (tertiary/aromatic N) is 1. The van der Waals surface area contributed by atoms with Gasteiger partial charge in [0, 0.05) is 45.6 Å². The minimum atomic E-state index is -0.563. The van der Waals surface area contributed by atoms with Crippen LogP contribution in [0.15, 0.2) is 52.2 Å². The number of benzene rings is 1. The lowest BCUT2D eigenvalue weighted by Crippen LogP contribution is -2.49. The summed E-state index contributed by atoms with van der Waals surface area (Å²) in [6, 6.07) is 8.43. The lowest BCUT2D eigenvalue weighted by molar-refractivity contribution is -0.114. The van der Waals surface area contributed by atoms with Gasteiger partial charge in [0.1, 0.15) is 0 Å². The van der Waals surface area contributed by atoms with Crippen LogP contribution in [0, 0.1) is 23.2 Å². The van der Waals surface area contributed by atoms with Gasteiger partial charge in [-0.2, -0.15) is 0 Å². The molecule has 7 heteroatoms. The number of methoxy groups -OCH3 is 2. The maximum atomic E-state index is 12.4. The molecular formula is C31H40N2O5. The number of nitrogens with one attached hydrogen (secondary N) is 1. The van der Waals surface area contributed by atoms with Gasteiger partial charge >= 0.3 is 6.09 Å². The number of ketones is 1. The fraction of sp³-hybridized carbons (Fsp3) is 0.581. The lowest BCUT2D eigenvalue weighted by Gasteiger charge is -2.54. The summed E-state index contributed by atoms with van der Waals surface area (Å²) in [4.78, 5) is 28.7. The summed E-state index contributed by atoms with van der Waals surface area (Å²) < 4.78 is 11.9. The molecule has 1 N–H and O–H groups in total. The molecule has 0 unspecified atom stereocenters. The maximum absolute atomic E-state index is 12.4. The Morgan fingerprint density at radius 1 is 1.18 bits per heavy atom. The summed E-state index contributed by atoms with van der Waals surface area (Å²) in [7, 11) is 3.65. The lowest BCUT2D eigenvalue weighted by atomic mass is 9.51. The number of hydrogen-bond acceptors (Lipinski definition) is 6. The molecule has 4 aliphatic rings. The Morgan fingerprint density at radius 3 is 2.68 bits per heavy atom. The van der Waals surface area contributed by atoms with Crippen LogP contribution in [0.25, 0.3) is 0 Å². The first-order valence-electron chi connectivity index (χ1n) is 14.0. The van der Waals surface area contributed by atoms with E-state index < -0.39 is 6.09 Å². The summed E-state index contributed by atoms with van der Waals surface area (Å²) in [6.45, 7) is 5.58. The third kappa shape index (κ3) is 4.87. The minimum absolute atomic E-state index is 0.0807. The Balaban J connectivity index is 1.53. The Hall–Kier alpha value is -2.77. The average molecular weight is 521 g/mol. The Kier molecular flexibility index (Phi) is 7.87. The molecule has 1 aromatic rings. The van der Waals surface area contributed by atoms with Crippen molar-refractivity contribution >= 4 is 18.1 Å². The summed E-state index contributed by atoms with van der Waals surface area (Å²) in [5, 5.41) is 6.37. The van der Waals surface area contributed by atoms with Crippen molar-refractivity contribution in [1.29, 1.82) is 0 Å². The van der Waals surface area contributed by atoms with Gasteiger partial charge in [-0.05, 0) is 84.6 Å². The van der Waals surface area contributed by atoms with Crippen LogP contribution in [0.1, 0.15) is 69.4 Å². The standard InChI is InChI=1S/C31H40N2O5/c1-5-32-30(35)38-33-17-19-6-8-20(9-7-19)25-16-31(2)22(18-36-3)10-13-26(31)29-27(37-4)15-21-14-23(34)11-12-24(21)28(25)29/h6-9,14,17,22,25-27,29H,5,10-13,15-16,18H2,1-4H3,(H,32,35)/t22-,25+,26-,27-,29+,31+/m0/s1. The number of amides is 1. The van der Waals surface area contributed by atoms with Gasteiger partial charge in [-0.3, -0.25) is 9.63 Å². The van der Waals surface area contributed by atoms with Crippen molar-refractivity contribution in [2.45, 2.75) is 64.4 Å². The zero-order chi connectivity index (χ0) is 26.9. The monoisotopic (exact) mass is 520 g/mol. The molecule has 0 radical (unpaired) electrons. The third-order valence-electron chi connectivity index (χ3n) is 9.60. The highest BCUT2D eigenvalue weighted by molar-refractivity contribution is 5.93. The molecule has 2 fully saturated rings. The molecule has 5 rings (SSSR count). The number of oxime groups is 1. The quantitative estimate of drug-likeness (QED) is 0.289. The molecule has 0 aromatic heterocycles. The second-order valence-electron chi connectivity index (χ2n) is 11.5. The fourth-order valence-electron chi connectivity index (χ4n) is 7.87. The highest BCUT2D eigenvalue weighted by Gasteiger charge is 2.58. The van der Waals surface area contributed by atoms with Gasteiger partial charge in [0.25, 0.3) is 0 Å². The molecular weight excluding hydrogens is 480 g/mol. The highest BCUT2D eigenvalue weighted by Crippen LogP contribution is 2.65. The topological polar surface area (TPSA) is 86.2 Å². The number of carbonyl (C=O) groups excluding carboxylic acids is 2. The van der Waals surface area contributed by atoms with Gasteiger partial charge in [0.2, 0.25) is 0 Å². The smallest absolute Gasteiger partial charge is 0.384 e. The van der Waals surface area contributed by atoms with Crippen molar-refractivity contribution in [3.63, 3.8) is 0 Å². The van der Waals surface area contributed by atoms with E-state index in [9.17, 15) is 9.59 Å². The Morgan fingerprint density at radius 2 is 1.97 bits per heavy atom. The molecule has 0 bridgehead atoms. The minimum Gasteiger partial charge on any atom is -0.384 e. The summed E-state index contributed by atoms with van der Waals surface area (Å²) in [5.41, 5.74) is 6.39. The SMILES string of the molecule is CCNC(=O)ON=Cc1ccc([C@H]2C[C@]3(C)[C@H](COC)CC[C@H]3[C@H]3C2=C2CCC(=O)C=C2C[C@@H]3OC)cc1. The van der Waals surface area contributed by atoms with Crippen LogP contribution < -0.4 is 5.32 Å². The van der Waals surface area contributed by atoms with Crippen molar-refractivity contribution < 1.29 is 23.9 Å². The number of rotatable bonds is 7. The van der Waals surface area contributed by atoms with Crippen molar-refractivity contribution in [2.75, 3.05) is 27.4 Å². The molecule has 7 nitrogen and oxygen atoms in total. The molecule has 0 saturated heterocycles. The van der Waals surface area contributed by atoms with E-state index >= 15 is 0 Å². The summed E-state index contributed by atoms with van der Waals surface area (Å²) >= 11 is 0. The molecule has 2 saturated carbocycles. The highest BCUT2D eigenvalue weighted by atomic mass is 16.7. The first-order valence-corrected chi connectivity index (χ1v) is 14.0. The molecule has 0 spiro atoms. The predicted molar refractivity (Wildman–Crippen MR) is 146 cm³/mol. The van der Waals surface area contributed by atoms with E-state index in [1.54, 1.807) is 6.21 Å². The summed E-state index contributed by atoms with van der Waals surface area (Å²) in [5.74, 6) is 1.89. The van der Waals surface area contributed by atoms with E-state index in [1.165, 1.54) is 35.1 Å². The van der Waals surface area contributed by atoms with Gasteiger partial charge < -0.3 is 14.8 Å². The van der Waals surface area contributed by atoms with Crippen molar-refractivity contribution in [3.05, 3.63) is 58.2 Å². The first-order chi connectivity index (χ1) is 18.4. The fourth-order valence-corrected chi connectivity index (χ4v) is 7.87. The van der Waals surface area contributed by atoms with Crippen LogP contribution in [-0.4, -0.2) is 51.6 Å². The molecule has 6 atom stereocenters. The number of carbonyl (C=O) groups is 2. The average Bonchev–Trinajstić information content (AvgIpc) is 3.23. The second kappa shape index (κ2) is 11.1. The first kappa shape index (κ1) is 26.8. The van der Waals surface area contributed by atoms with Gasteiger partial charge in [0.15, 0.2) is 5.78 Å². The van der Waals surface area contributed by atoms with Gasteiger partial charge in [-0.25, -0.2) is 4.79 Å². The van der Waals surface area contributed by atoms with E-state index in [0.717, 1.165) is 31.4 Å². The molecule has 1 aromatic carbocycles. The van der Waals surface area contributed by atoms with Crippen LogP contribution in [0.5, 0.6) is 0 Å². The maximum Gasteiger partial charge on any atom is 0.433 e. The number of fused-ring (bicyclic) bond motifs is 4. The predicted octanol–water partition coefficient (Wildman–Crippen LogP) is 5.55. The molecule has 0 heterocycles. The Labute approximate surface area is 225 Å². The normalized spacial score (nSPS) is 32.5. The van der Waals surface area contributed by atoms with Crippen LogP contribution in [0.2, 0.25) is 0 Å². The van der Waals surface area contributed by atoms with Crippen LogP contribution in [0.4, 0.5) is 4.79 Å². The zero-order valence-corrected chi connectivity index (χ0v) is 23.0. The van der Waals surface area contributed by atoms with E-state index in [1.807, 2.05) is 39.4 Å². The molecule has 1 amide bonds. The van der Waals surface area contributed by atoms with E-state index in [2.05, 4.69) is 29.5 Å². The van der Waals surface area contributed by atoms with Gasteiger partial charge in [-0.1, -0.05) is 41.9 Å². The zero-order valence-electron chi connectivity index (χ0n) is 23.0. The third-order valence-corrected chi connectivity index (χ3v) is 9.60. The van der Waals surface area contributed by atoms with Crippen LogP contribution in [0.3, 0.4) is 0 Å². The molecule has 204 valence electrons. The van der Waals surface area contributed by atoms with Gasteiger partial charge in [-0.15, -0.1) is 0 Å². The van der Waals surface area contributed by atoms with Crippen molar-refractivity contribution in [1.82, 2.24) is 5.32 Å². The number of ether oxygens (including phenoxy) is 2. The largest absolute Gasteiger partial charge is 0.433 e. The molecule has 0 aliphatic heterocycles. The van der Waals surface area contributed by atoms with E-state index in [-0.39, 0.29) is 23.2 Å². The van der Waals surface area contributed by atoms with Gasteiger partial charge in [0.05, 0.1) is 12.3 Å². The molecule has 38 heavy (non-hydrogen) atoms. The van der Waals surface area contributed by atoms with Crippen LogP contribution >= 0.6 is 0 Å².